The summed E-state index contributed by atoms with van der Waals surface area (Å²) in [6, 6.07) is 0. The monoisotopic (exact) mass is 391 g/mol. The Hall–Kier alpha value is -1.39. The van der Waals surface area contributed by atoms with Gasteiger partial charge in [0.05, 0.1) is 26.0 Å². The first-order valence-corrected chi connectivity index (χ1v) is 10.5. The summed E-state index contributed by atoms with van der Waals surface area (Å²) in [7, 11) is -3.15. The molecule has 0 saturated heterocycles. The predicted octanol–water partition coefficient (Wildman–Crippen LogP) is 1.05. The van der Waals surface area contributed by atoms with E-state index < -0.39 is 13.2 Å². The average Bonchev–Trinajstić information content (AvgIpc) is 2.87. The van der Waals surface area contributed by atoms with Crippen LogP contribution in [0.4, 0.5) is 5.95 Å². The van der Waals surface area contributed by atoms with Crippen LogP contribution in [0.5, 0.6) is 0 Å². The second kappa shape index (κ2) is 8.81. The van der Waals surface area contributed by atoms with E-state index in [4.69, 9.17) is 14.8 Å². The highest BCUT2D eigenvalue weighted by molar-refractivity contribution is 7.99. The van der Waals surface area contributed by atoms with E-state index in [-0.39, 0.29) is 30.8 Å². The zero-order chi connectivity index (χ0) is 18.4. The third-order valence-corrected chi connectivity index (χ3v) is 6.52. The number of hydrogen-bond acceptors (Lipinski definition) is 9. The van der Waals surface area contributed by atoms with Gasteiger partial charge in [0.2, 0.25) is 5.95 Å². The molecule has 0 saturated carbocycles. The van der Waals surface area contributed by atoms with Crippen LogP contribution in [0.25, 0.3) is 11.2 Å². The number of hydrogen-bond donors (Lipinski definition) is 3. The molecule has 2 aromatic rings. The molecule has 0 unspecified atom stereocenters. The van der Waals surface area contributed by atoms with Crippen molar-refractivity contribution in [1.29, 1.82) is 0 Å². The van der Waals surface area contributed by atoms with Crippen LogP contribution in [0, 0.1) is 0 Å². The van der Waals surface area contributed by atoms with E-state index >= 15 is 0 Å². The van der Waals surface area contributed by atoms with Crippen molar-refractivity contribution in [2.45, 2.75) is 25.5 Å². The minimum Gasteiger partial charge on any atom is -0.395 e. The number of nitrogen functional groups attached to an aromatic ring is 1. The molecule has 0 spiro atoms. The Kier molecular flexibility index (Phi) is 7.03. The summed E-state index contributed by atoms with van der Waals surface area (Å²) in [4.78, 5) is 22.7. The number of nitrogens with two attached hydrogens (primary N) is 1. The van der Waals surface area contributed by atoms with Crippen molar-refractivity contribution < 1.29 is 18.7 Å². The predicted molar refractivity (Wildman–Crippen MR) is 96.1 cm³/mol. The molecule has 0 aliphatic rings. The first-order chi connectivity index (χ1) is 11.9. The van der Waals surface area contributed by atoms with E-state index in [1.807, 2.05) is 0 Å². The van der Waals surface area contributed by atoms with E-state index in [0.29, 0.717) is 29.8 Å². The summed E-state index contributed by atoms with van der Waals surface area (Å²) in [5.74, 6) is 0.379. The van der Waals surface area contributed by atoms with Gasteiger partial charge >= 0.3 is 7.60 Å². The van der Waals surface area contributed by atoms with Gasteiger partial charge in [0.15, 0.2) is 16.3 Å². The number of anilines is 1. The molecule has 4 N–H and O–H groups in total. The molecular weight excluding hydrogens is 369 g/mol. The maximum atomic E-state index is 12.5. The molecule has 0 atom stereocenters. The highest BCUT2D eigenvalue weighted by atomic mass is 32.2. The van der Waals surface area contributed by atoms with Crippen LogP contribution in [0.1, 0.15) is 13.8 Å². The number of aliphatic hydroxyl groups excluding tert-OH is 1. The van der Waals surface area contributed by atoms with Crippen molar-refractivity contribution in [3.8, 4) is 0 Å². The second-order valence-electron chi connectivity index (χ2n) is 4.91. The molecule has 0 amide bonds. The minimum atomic E-state index is -3.15. The van der Waals surface area contributed by atoms with Gasteiger partial charge in [-0.25, -0.2) is 4.98 Å². The molecule has 0 bridgehead atoms. The number of H-pyrrole nitrogens is 1. The Morgan fingerprint density at radius 2 is 2.00 bits per heavy atom. The molecule has 0 aromatic carbocycles. The summed E-state index contributed by atoms with van der Waals surface area (Å²) >= 11 is 1.28. The number of rotatable bonds is 10. The molecule has 0 aliphatic heterocycles. The van der Waals surface area contributed by atoms with Crippen LogP contribution in [0.15, 0.2) is 9.95 Å². The van der Waals surface area contributed by atoms with Gasteiger partial charge in [-0.2, -0.15) is 4.98 Å². The molecular formula is C13H22N5O5PS. The van der Waals surface area contributed by atoms with E-state index in [1.165, 1.54) is 11.8 Å². The van der Waals surface area contributed by atoms with Gasteiger partial charge in [0.1, 0.15) is 0 Å². The van der Waals surface area contributed by atoms with Crippen molar-refractivity contribution >= 4 is 36.5 Å². The topological polar surface area (TPSA) is 145 Å². The first kappa shape index (κ1) is 19.9. The van der Waals surface area contributed by atoms with Gasteiger partial charge in [-0.15, -0.1) is 0 Å². The fourth-order valence-electron chi connectivity index (χ4n) is 2.23. The lowest BCUT2D eigenvalue weighted by atomic mass is 10.5. The molecule has 140 valence electrons. The average molecular weight is 391 g/mol. The van der Waals surface area contributed by atoms with Gasteiger partial charge in [-0.05, 0) is 13.8 Å². The molecule has 2 heterocycles. The number of nitrogens with zero attached hydrogens (tertiary/aromatic N) is 3. The quantitative estimate of drug-likeness (QED) is 0.399. The fraction of sp³-hybridized carbons (Fsp3) is 0.615. The second-order valence-corrected chi connectivity index (χ2v) is 8.16. The number of imidazole rings is 1. The molecule has 0 radical (unpaired) electrons. The van der Waals surface area contributed by atoms with Crippen molar-refractivity contribution in [3.05, 3.63) is 10.4 Å². The van der Waals surface area contributed by atoms with Gasteiger partial charge in [-0.3, -0.25) is 14.3 Å². The summed E-state index contributed by atoms with van der Waals surface area (Å²) in [6.45, 7) is 4.16. The summed E-state index contributed by atoms with van der Waals surface area (Å²) in [5, 5.41) is 9.75. The number of aliphatic hydroxyl groups is 1. The Bertz CT molecular complexity index is 813. The smallest absolute Gasteiger partial charge is 0.331 e. The number of fused-ring (bicyclic) bond motifs is 1. The van der Waals surface area contributed by atoms with Gasteiger partial charge in [-0.1, -0.05) is 11.8 Å². The van der Waals surface area contributed by atoms with E-state index in [9.17, 15) is 14.5 Å². The maximum absolute atomic E-state index is 12.5. The van der Waals surface area contributed by atoms with Gasteiger partial charge in [0, 0.05) is 12.3 Å². The molecule has 25 heavy (non-hydrogen) atoms. The highest BCUT2D eigenvalue weighted by Crippen LogP contribution is 2.48. The summed E-state index contributed by atoms with van der Waals surface area (Å²) < 4.78 is 24.6. The van der Waals surface area contributed by atoms with Crippen molar-refractivity contribution in [2.24, 2.45) is 0 Å². The molecule has 12 heteroatoms. The highest BCUT2D eigenvalue weighted by Gasteiger charge is 2.24. The number of aromatic nitrogens is 4. The van der Waals surface area contributed by atoms with Crippen molar-refractivity contribution in [3.63, 3.8) is 0 Å². The molecule has 0 aliphatic carbocycles. The number of nitrogens with one attached hydrogen (secondary N) is 1. The standard InChI is InChI=1S/C13H22N5O5PS/c1-3-22-24(21,23-4-2)7-8-25-13-15-9-10(18(13)5-6-19)16-12(14)17-11(9)20/h19H,3-8H2,1-2H3,(H3,14,16,17,20). The van der Waals surface area contributed by atoms with Crippen molar-refractivity contribution in [2.75, 3.05) is 37.5 Å². The maximum Gasteiger partial charge on any atom is 0.331 e. The summed E-state index contributed by atoms with van der Waals surface area (Å²) in [6.07, 6.45) is 0.202. The van der Waals surface area contributed by atoms with E-state index in [1.54, 1.807) is 18.4 Å². The molecule has 0 fully saturated rings. The van der Waals surface area contributed by atoms with Crippen molar-refractivity contribution in [1.82, 2.24) is 19.5 Å². The summed E-state index contributed by atoms with van der Waals surface area (Å²) in [5.41, 5.74) is 5.57. The zero-order valence-electron chi connectivity index (χ0n) is 14.1. The number of aromatic amines is 1. The third-order valence-electron chi connectivity index (χ3n) is 3.16. The third kappa shape index (κ3) is 4.83. The zero-order valence-corrected chi connectivity index (χ0v) is 15.8. The van der Waals surface area contributed by atoms with Crippen LogP contribution in [0.3, 0.4) is 0 Å². The number of thioether (sulfide) groups is 1. The molecule has 2 aromatic heterocycles. The van der Waals surface area contributed by atoms with E-state index in [2.05, 4.69) is 15.0 Å². The van der Waals surface area contributed by atoms with Gasteiger partial charge < -0.3 is 24.5 Å². The van der Waals surface area contributed by atoms with E-state index in [0.717, 1.165) is 0 Å². The minimum absolute atomic E-state index is 0.0228. The lowest BCUT2D eigenvalue weighted by molar-refractivity contribution is 0.221. The molecule has 2 rings (SSSR count). The Morgan fingerprint density at radius 1 is 1.32 bits per heavy atom. The van der Waals surface area contributed by atoms with Crippen LogP contribution >= 0.6 is 19.4 Å². The van der Waals surface area contributed by atoms with Gasteiger partial charge in [0.25, 0.3) is 5.56 Å². The Balaban J connectivity index is 2.23. The van der Waals surface area contributed by atoms with Crippen LogP contribution < -0.4 is 11.3 Å². The Labute approximate surface area is 148 Å². The van der Waals surface area contributed by atoms with Crippen LogP contribution in [-0.2, 0) is 20.2 Å². The first-order valence-electron chi connectivity index (χ1n) is 7.82. The van der Waals surface area contributed by atoms with Crippen LogP contribution in [0.2, 0.25) is 0 Å². The largest absolute Gasteiger partial charge is 0.395 e. The lowest BCUT2D eigenvalue weighted by Crippen LogP contribution is -2.12. The normalized spacial score (nSPS) is 12.1. The lowest BCUT2D eigenvalue weighted by Gasteiger charge is -2.16. The SMILES string of the molecule is CCOP(=O)(CCSc1nc2c(=O)[nH]c(N)nc2n1CCO)OCC. The fourth-order valence-corrected chi connectivity index (χ4v) is 5.28. The Morgan fingerprint density at radius 3 is 2.60 bits per heavy atom. The molecule has 10 nitrogen and oxygen atoms in total. The van der Waals surface area contributed by atoms with Crippen LogP contribution in [-0.4, -0.2) is 56.4 Å².